The van der Waals surface area contributed by atoms with Crippen molar-refractivity contribution in [2.45, 2.75) is 45.1 Å². The minimum Gasteiger partial charge on any atom is -0.382 e. The molecule has 0 heterocycles. The molecule has 0 fully saturated rings. The Hall–Kier alpha value is -1.83. The van der Waals surface area contributed by atoms with Gasteiger partial charge in [0.2, 0.25) is 0 Å². The fraction of sp³-hybridized carbons (Fsp3) is 0.368. The van der Waals surface area contributed by atoms with Crippen LogP contribution in [-0.2, 0) is 19.3 Å². The molecule has 1 aliphatic rings. The fourth-order valence-corrected chi connectivity index (χ4v) is 3.23. The van der Waals surface area contributed by atoms with Gasteiger partial charge >= 0.3 is 0 Å². The summed E-state index contributed by atoms with van der Waals surface area (Å²) in [4.78, 5) is 0. The van der Waals surface area contributed by atoms with E-state index in [0.717, 1.165) is 12.0 Å². The summed E-state index contributed by atoms with van der Waals surface area (Å²) in [5, 5.41) is 3.58. The van der Waals surface area contributed by atoms with Gasteiger partial charge in [-0.1, -0.05) is 30.3 Å². The minimum atomic E-state index is -0.110. The van der Waals surface area contributed by atoms with E-state index in [9.17, 15) is 4.39 Å². The number of halogens is 1. The van der Waals surface area contributed by atoms with Gasteiger partial charge in [0.1, 0.15) is 5.82 Å². The van der Waals surface area contributed by atoms with Gasteiger partial charge in [-0.15, -0.1) is 0 Å². The van der Waals surface area contributed by atoms with E-state index in [4.69, 9.17) is 0 Å². The van der Waals surface area contributed by atoms with Gasteiger partial charge in [0.05, 0.1) is 0 Å². The van der Waals surface area contributed by atoms with Crippen LogP contribution >= 0.6 is 0 Å². The number of anilines is 1. The lowest BCUT2D eigenvalue weighted by Gasteiger charge is -2.23. The summed E-state index contributed by atoms with van der Waals surface area (Å²) in [5.41, 5.74) is 4.95. The molecule has 2 heteroatoms. The molecule has 2 aromatic carbocycles. The molecule has 1 aliphatic carbocycles. The number of benzene rings is 2. The smallest absolute Gasteiger partial charge is 0.126 e. The predicted molar refractivity (Wildman–Crippen MR) is 86.3 cm³/mol. The first-order valence-electron chi connectivity index (χ1n) is 7.85. The Labute approximate surface area is 126 Å². The Bertz CT molecular complexity index is 621. The van der Waals surface area contributed by atoms with Gasteiger partial charge in [0, 0.05) is 11.7 Å². The van der Waals surface area contributed by atoms with Gasteiger partial charge in [0.25, 0.3) is 0 Å². The molecule has 0 saturated carbocycles. The first-order chi connectivity index (χ1) is 10.2. The van der Waals surface area contributed by atoms with Crippen LogP contribution in [0.5, 0.6) is 0 Å². The molecule has 0 radical (unpaired) electrons. The van der Waals surface area contributed by atoms with Crippen LogP contribution in [-0.4, -0.2) is 6.04 Å². The van der Waals surface area contributed by atoms with Crippen LogP contribution in [0.3, 0.4) is 0 Å². The van der Waals surface area contributed by atoms with E-state index in [1.807, 2.05) is 12.1 Å². The molecule has 21 heavy (non-hydrogen) atoms. The second kappa shape index (κ2) is 6.30. The maximum absolute atomic E-state index is 13.7. The summed E-state index contributed by atoms with van der Waals surface area (Å²) in [6.45, 7) is 2.12. The van der Waals surface area contributed by atoms with Crippen molar-refractivity contribution in [1.82, 2.24) is 0 Å². The van der Waals surface area contributed by atoms with E-state index in [0.29, 0.717) is 6.42 Å². The lowest BCUT2D eigenvalue weighted by atomic mass is 9.90. The van der Waals surface area contributed by atoms with Crippen molar-refractivity contribution in [3.05, 3.63) is 65.0 Å². The van der Waals surface area contributed by atoms with Crippen LogP contribution in [0.25, 0.3) is 0 Å². The molecule has 110 valence electrons. The van der Waals surface area contributed by atoms with Crippen LogP contribution in [0.15, 0.2) is 42.5 Å². The number of hydrogen-bond donors (Lipinski definition) is 1. The maximum atomic E-state index is 13.7. The van der Waals surface area contributed by atoms with Crippen molar-refractivity contribution in [3.63, 3.8) is 0 Å². The Morgan fingerprint density at radius 3 is 2.71 bits per heavy atom. The summed E-state index contributed by atoms with van der Waals surface area (Å²) in [6, 6.07) is 13.8. The van der Waals surface area contributed by atoms with E-state index < -0.39 is 0 Å². The summed E-state index contributed by atoms with van der Waals surface area (Å²) in [7, 11) is 0. The van der Waals surface area contributed by atoms with Crippen molar-refractivity contribution >= 4 is 5.69 Å². The highest BCUT2D eigenvalue weighted by atomic mass is 19.1. The Morgan fingerprint density at radius 1 is 1.05 bits per heavy atom. The van der Waals surface area contributed by atoms with Crippen LogP contribution in [0.2, 0.25) is 0 Å². The zero-order chi connectivity index (χ0) is 14.7. The van der Waals surface area contributed by atoms with E-state index >= 15 is 0 Å². The van der Waals surface area contributed by atoms with Crippen LogP contribution in [0.1, 0.15) is 36.5 Å². The van der Waals surface area contributed by atoms with Crippen molar-refractivity contribution < 1.29 is 4.39 Å². The topological polar surface area (TPSA) is 12.0 Å². The van der Waals surface area contributed by atoms with Crippen LogP contribution < -0.4 is 5.32 Å². The molecular formula is C19H22FN. The highest BCUT2D eigenvalue weighted by Gasteiger charge is 2.14. The fourth-order valence-electron chi connectivity index (χ4n) is 3.23. The second-order valence-electron chi connectivity index (χ2n) is 5.99. The van der Waals surface area contributed by atoms with Gasteiger partial charge in [-0.25, -0.2) is 4.39 Å². The van der Waals surface area contributed by atoms with E-state index in [-0.39, 0.29) is 11.9 Å². The van der Waals surface area contributed by atoms with Crippen molar-refractivity contribution in [2.24, 2.45) is 0 Å². The summed E-state index contributed by atoms with van der Waals surface area (Å²) in [5.74, 6) is -0.110. The predicted octanol–water partition coefficient (Wildman–Crippen LogP) is 4.75. The average Bonchev–Trinajstić information content (AvgIpc) is 2.50. The SMILES string of the molecule is CC(Cc1ccccc1F)Nc1cccc2c1CCCC2. The Morgan fingerprint density at radius 2 is 1.86 bits per heavy atom. The molecule has 3 rings (SSSR count). The standard InChI is InChI=1S/C19H22FN/c1-14(13-16-8-3-5-11-18(16)20)21-19-12-6-9-15-7-2-4-10-17(15)19/h3,5-6,8-9,11-12,14,21H,2,4,7,10,13H2,1H3. The number of rotatable bonds is 4. The van der Waals surface area contributed by atoms with Crippen molar-refractivity contribution in [2.75, 3.05) is 5.32 Å². The molecule has 1 atom stereocenters. The molecule has 0 aliphatic heterocycles. The average molecular weight is 283 g/mol. The van der Waals surface area contributed by atoms with Crippen LogP contribution in [0.4, 0.5) is 10.1 Å². The summed E-state index contributed by atoms with van der Waals surface area (Å²) in [6.07, 6.45) is 5.61. The van der Waals surface area contributed by atoms with E-state index in [1.165, 1.54) is 42.1 Å². The van der Waals surface area contributed by atoms with Gasteiger partial charge in [0.15, 0.2) is 0 Å². The van der Waals surface area contributed by atoms with Gasteiger partial charge in [-0.3, -0.25) is 0 Å². The summed E-state index contributed by atoms with van der Waals surface area (Å²) < 4.78 is 13.7. The largest absolute Gasteiger partial charge is 0.382 e. The zero-order valence-electron chi connectivity index (χ0n) is 12.5. The van der Waals surface area contributed by atoms with E-state index in [1.54, 1.807) is 6.07 Å². The van der Waals surface area contributed by atoms with Crippen molar-refractivity contribution in [3.8, 4) is 0 Å². The second-order valence-corrected chi connectivity index (χ2v) is 5.99. The first-order valence-corrected chi connectivity index (χ1v) is 7.85. The summed E-state index contributed by atoms with van der Waals surface area (Å²) >= 11 is 0. The third-order valence-corrected chi connectivity index (χ3v) is 4.28. The van der Waals surface area contributed by atoms with Gasteiger partial charge in [-0.05, 0) is 67.9 Å². The van der Waals surface area contributed by atoms with Gasteiger partial charge < -0.3 is 5.32 Å². The highest BCUT2D eigenvalue weighted by molar-refractivity contribution is 5.56. The maximum Gasteiger partial charge on any atom is 0.126 e. The molecule has 0 amide bonds. The molecule has 1 unspecified atom stereocenters. The molecule has 0 aromatic heterocycles. The molecule has 1 nitrogen and oxygen atoms in total. The third kappa shape index (κ3) is 3.26. The quantitative estimate of drug-likeness (QED) is 0.854. The molecule has 0 saturated heterocycles. The van der Waals surface area contributed by atoms with Crippen LogP contribution in [0, 0.1) is 5.82 Å². The van der Waals surface area contributed by atoms with Gasteiger partial charge in [-0.2, -0.15) is 0 Å². The Balaban J connectivity index is 1.73. The van der Waals surface area contributed by atoms with E-state index in [2.05, 4.69) is 30.4 Å². The van der Waals surface area contributed by atoms with Crippen molar-refractivity contribution in [1.29, 1.82) is 0 Å². The number of fused-ring (bicyclic) bond motifs is 1. The number of hydrogen-bond acceptors (Lipinski definition) is 1. The molecule has 0 spiro atoms. The minimum absolute atomic E-state index is 0.110. The Kier molecular flexibility index (Phi) is 4.23. The molecule has 1 N–H and O–H groups in total. The highest BCUT2D eigenvalue weighted by Crippen LogP contribution is 2.28. The lowest BCUT2D eigenvalue weighted by Crippen LogP contribution is -2.20. The number of nitrogens with one attached hydrogen (secondary N) is 1. The third-order valence-electron chi connectivity index (χ3n) is 4.28. The molecular weight excluding hydrogens is 261 g/mol. The molecule has 2 aromatic rings. The first kappa shape index (κ1) is 14.1. The zero-order valence-corrected chi connectivity index (χ0v) is 12.5. The lowest BCUT2D eigenvalue weighted by molar-refractivity contribution is 0.601. The number of aryl methyl sites for hydroxylation is 1. The normalized spacial score (nSPS) is 15.3. The molecule has 0 bridgehead atoms. The monoisotopic (exact) mass is 283 g/mol.